The standard InChI is InChI=1S/C5H6N4/c1-2-9-5(7-1)3-6-4-8-9/h1-2,4H,3H2,(H,6,8). The summed E-state index contributed by atoms with van der Waals surface area (Å²) in [7, 11) is 0. The van der Waals surface area contributed by atoms with Gasteiger partial charge in [0.25, 0.3) is 0 Å². The number of fused-ring (bicyclic) bond motifs is 1. The second-order valence-corrected chi connectivity index (χ2v) is 1.81. The van der Waals surface area contributed by atoms with Crippen LogP contribution < -0.4 is 5.43 Å². The second kappa shape index (κ2) is 1.58. The van der Waals surface area contributed by atoms with Crippen LogP contribution >= 0.6 is 0 Å². The van der Waals surface area contributed by atoms with Gasteiger partial charge in [-0.25, -0.2) is 9.66 Å². The molecule has 9 heavy (non-hydrogen) atoms. The van der Waals surface area contributed by atoms with Crippen molar-refractivity contribution in [1.82, 2.24) is 9.66 Å². The SMILES string of the molecule is C1=NCc2nccn2N1. The Bertz CT molecular complexity index is 214. The number of nitrogens with zero attached hydrogens (tertiary/aromatic N) is 3. The zero-order chi connectivity index (χ0) is 6.10. The van der Waals surface area contributed by atoms with E-state index in [1.54, 1.807) is 12.5 Å². The summed E-state index contributed by atoms with van der Waals surface area (Å²) < 4.78 is 1.84. The maximum absolute atomic E-state index is 4.04. The van der Waals surface area contributed by atoms with Gasteiger partial charge in [0.1, 0.15) is 18.7 Å². The fraction of sp³-hybridized carbons (Fsp3) is 0.200. The lowest BCUT2D eigenvalue weighted by molar-refractivity contribution is 0.805. The van der Waals surface area contributed by atoms with Crippen molar-refractivity contribution >= 4 is 6.34 Å². The van der Waals surface area contributed by atoms with Gasteiger partial charge in [-0.15, -0.1) is 0 Å². The molecule has 1 N–H and O–H groups in total. The molecule has 0 aliphatic carbocycles. The van der Waals surface area contributed by atoms with Crippen LogP contribution in [-0.2, 0) is 6.54 Å². The Labute approximate surface area is 52.2 Å². The van der Waals surface area contributed by atoms with E-state index in [9.17, 15) is 0 Å². The van der Waals surface area contributed by atoms with E-state index in [-0.39, 0.29) is 0 Å². The molecule has 0 saturated carbocycles. The Morgan fingerprint density at radius 3 is 3.56 bits per heavy atom. The highest BCUT2D eigenvalue weighted by atomic mass is 15.4. The molecule has 4 nitrogen and oxygen atoms in total. The molecule has 1 aliphatic rings. The zero-order valence-electron chi connectivity index (χ0n) is 4.78. The first-order chi connectivity index (χ1) is 4.47. The van der Waals surface area contributed by atoms with Crippen molar-refractivity contribution in [2.24, 2.45) is 4.99 Å². The Hall–Kier alpha value is -1.32. The summed E-state index contributed by atoms with van der Waals surface area (Å²) in [4.78, 5) is 8.01. The third-order valence-corrected chi connectivity index (χ3v) is 1.24. The Balaban J connectivity index is 2.46. The van der Waals surface area contributed by atoms with Crippen molar-refractivity contribution in [2.75, 3.05) is 5.43 Å². The minimum Gasteiger partial charge on any atom is -0.283 e. The second-order valence-electron chi connectivity index (χ2n) is 1.81. The molecular formula is C5H6N4. The van der Waals surface area contributed by atoms with Gasteiger partial charge in [0, 0.05) is 12.4 Å². The fourth-order valence-electron chi connectivity index (χ4n) is 0.799. The lowest BCUT2D eigenvalue weighted by atomic mass is 10.6. The molecule has 1 aromatic rings. The van der Waals surface area contributed by atoms with Crippen molar-refractivity contribution in [1.29, 1.82) is 0 Å². The first-order valence-corrected chi connectivity index (χ1v) is 2.74. The van der Waals surface area contributed by atoms with E-state index in [4.69, 9.17) is 0 Å². The van der Waals surface area contributed by atoms with Crippen LogP contribution in [0, 0.1) is 0 Å². The van der Waals surface area contributed by atoms with Crippen LogP contribution in [0.5, 0.6) is 0 Å². The van der Waals surface area contributed by atoms with Crippen LogP contribution in [0.15, 0.2) is 17.4 Å². The first kappa shape index (κ1) is 4.55. The number of rotatable bonds is 0. The average molecular weight is 122 g/mol. The molecule has 0 unspecified atom stereocenters. The lowest BCUT2D eigenvalue weighted by Gasteiger charge is -2.08. The van der Waals surface area contributed by atoms with Gasteiger partial charge in [-0.2, -0.15) is 0 Å². The molecule has 0 saturated heterocycles. The van der Waals surface area contributed by atoms with E-state index in [1.165, 1.54) is 0 Å². The lowest BCUT2D eigenvalue weighted by Crippen LogP contribution is -2.18. The van der Waals surface area contributed by atoms with Crippen LogP contribution in [0.25, 0.3) is 0 Å². The van der Waals surface area contributed by atoms with Gasteiger partial charge in [0.15, 0.2) is 0 Å². The number of aliphatic imine (C=N–C) groups is 1. The zero-order valence-corrected chi connectivity index (χ0v) is 4.78. The molecule has 2 rings (SSSR count). The molecule has 0 aromatic carbocycles. The molecule has 46 valence electrons. The number of hydrogen-bond acceptors (Lipinski definition) is 3. The molecule has 0 fully saturated rings. The summed E-state index contributed by atoms with van der Waals surface area (Å²) in [5.41, 5.74) is 2.91. The van der Waals surface area contributed by atoms with Crippen LogP contribution in [0.1, 0.15) is 5.82 Å². The van der Waals surface area contributed by atoms with Crippen molar-refractivity contribution in [3.8, 4) is 0 Å². The molecule has 0 atom stereocenters. The quantitative estimate of drug-likeness (QED) is 0.525. The summed E-state index contributed by atoms with van der Waals surface area (Å²) in [6.07, 6.45) is 5.27. The average Bonchev–Trinajstić information content (AvgIpc) is 2.33. The van der Waals surface area contributed by atoms with E-state index in [2.05, 4.69) is 15.4 Å². The third-order valence-electron chi connectivity index (χ3n) is 1.24. The number of imidazole rings is 1. The third kappa shape index (κ3) is 0.595. The van der Waals surface area contributed by atoms with Crippen LogP contribution in [0.4, 0.5) is 0 Å². The number of nitrogens with one attached hydrogen (secondary N) is 1. The van der Waals surface area contributed by atoms with Gasteiger partial charge >= 0.3 is 0 Å². The summed E-state index contributed by atoms with van der Waals surface area (Å²) in [5.74, 6) is 0.956. The minimum atomic E-state index is 0.681. The highest BCUT2D eigenvalue weighted by molar-refractivity contribution is 5.64. The molecule has 0 spiro atoms. The molecular weight excluding hydrogens is 116 g/mol. The summed E-state index contributed by atoms with van der Waals surface area (Å²) >= 11 is 0. The number of hydrogen-bond donors (Lipinski definition) is 1. The normalized spacial score (nSPS) is 14.7. The van der Waals surface area contributed by atoms with Crippen molar-refractivity contribution in [2.45, 2.75) is 6.54 Å². The summed E-state index contributed by atoms with van der Waals surface area (Å²) in [5, 5.41) is 0. The maximum atomic E-state index is 4.04. The van der Waals surface area contributed by atoms with Gasteiger partial charge in [-0.1, -0.05) is 0 Å². The molecule has 0 bridgehead atoms. The predicted octanol–water partition coefficient (Wildman–Crippen LogP) is -0.0315. The highest BCUT2D eigenvalue weighted by Gasteiger charge is 2.01. The highest BCUT2D eigenvalue weighted by Crippen LogP contribution is 1.98. The molecule has 4 heteroatoms. The van der Waals surface area contributed by atoms with E-state index in [0.717, 1.165) is 5.82 Å². The largest absolute Gasteiger partial charge is 0.283 e. The van der Waals surface area contributed by atoms with Crippen molar-refractivity contribution in [3.05, 3.63) is 18.2 Å². The monoisotopic (exact) mass is 122 g/mol. The summed E-state index contributed by atoms with van der Waals surface area (Å²) in [6.45, 7) is 0.681. The smallest absolute Gasteiger partial charge is 0.149 e. The number of aromatic nitrogens is 2. The van der Waals surface area contributed by atoms with Crippen molar-refractivity contribution in [3.63, 3.8) is 0 Å². The van der Waals surface area contributed by atoms with Gasteiger partial charge in [-0.05, 0) is 0 Å². The van der Waals surface area contributed by atoms with Crippen LogP contribution in [0.3, 0.4) is 0 Å². The molecule has 1 aromatic heterocycles. The molecule has 2 heterocycles. The predicted molar refractivity (Wildman–Crippen MR) is 33.8 cm³/mol. The Kier molecular flexibility index (Phi) is 0.798. The fourth-order valence-corrected chi connectivity index (χ4v) is 0.799. The van der Waals surface area contributed by atoms with Gasteiger partial charge in [0.05, 0.1) is 0 Å². The minimum absolute atomic E-state index is 0.681. The van der Waals surface area contributed by atoms with Crippen LogP contribution in [0.2, 0.25) is 0 Å². The summed E-state index contributed by atoms with van der Waals surface area (Å²) in [6, 6.07) is 0. The molecule has 0 amide bonds. The van der Waals surface area contributed by atoms with Gasteiger partial charge in [0.2, 0.25) is 0 Å². The van der Waals surface area contributed by atoms with Crippen molar-refractivity contribution < 1.29 is 0 Å². The topological polar surface area (TPSA) is 42.2 Å². The van der Waals surface area contributed by atoms with E-state index < -0.39 is 0 Å². The van der Waals surface area contributed by atoms with E-state index in [0.29, 0.717) is 6.54 Å². The van der Waals surface area contributed by atoms with Gasteiger partial charge in [-0.3, -0.25) is 10.4 Å². The Morgan fingerprint density at radius 1 is 1.67 bits per heavy atom. The first-order valence-electron chi connectivity index (χ1n) is 2.74. The van der Waals surface area contributed by atoms with Gasteiger partial charge < -0.3 is 0 Å². The Morgan fingerprint density at radius 2 is 2.67 bits per heavy atom. The molecule has 1 aliphatic heterocycles. The maximum Gasteiger partial charge on any atom is 0.149 e. The van der Waals surface area contributed by atoms with E-state index in [1.807, 2.05) is 10.9 Å². The van der Waals surface area contributed by atoms with E-state index >= 15 is 0 Å². The molecule has 0 radical (unpaired) electrons. The van der Waals surface area contributed by atoms with Crippen LogP contribution in [-0.4, -0.2) is 16.0 Å².